The highest BCUT2D eigenvalue weighted by molar-refractivity contribution is 6.05. The van der Waals surface area contributed by atoms with E-state index in [1.54, 1.807) is 0 Å². The standard InChI is InChI=1S/C18H16O2/c1-12-14-7-3-5-9-16(14)18(11-20-13(2)19)17-10-6-4-8-15(12)17/h3-10H,11H2,1-2H3. The van der Waals surface area contributed by atoms with Crippen LogP contribution in [0.15, 0.2) is 48.5 Å². The Bertz CT molecular complexity index is 746. The van der Waals surface area contributed by atoms with Crippen LogP contribution in [0.5, 0.6) is 0 Å². The van der Waals surface area contributed by atoms with E-state index >= 15 is 0 Å². The Morgan fingerprint density at radius 2 is 1.35 bits per heavy atom. The van der Waals surface area contributed by atoms with E-state index in [4.69, 9.17) is 4.74 Å². The van der Waals surface area contributed by atoms with Crippen LogP contribution in [0.3, 0.4) is 0 Å². The molecule has 0 saturated heterocycles. The Labute approximate surface area is 118 Å². The summed E-state index contributed by atoms with van der Waals surface area (Å²) in [5, 5.41) is 4.75. The third kappa shape index (κ3) is 2.03. The lowest BCUT2D eigenvalue weighted by molar-refractivity contribution is -0.142. The fourth-order valence-electron chi connectivity index (χ4n) is 2.77. The van der Waals surface area contributed by atoms with Crippen LogP contribution in [0.1, 0.15) is 18.1 Å². The normalized spacial score (nSPS) is 10.9. The highest BCUT2D eigenvalue weighted by Gasteiger charge is 2.11. The van der Waals surface area contributed by atoms with Gasteiger partial charge in [-0.25, -0.2) is 0 Å². The molecule has 3 aromatic rings. The SMILES string of the molecule is CC(=O)OCc1c2ccccc2c(C)c2ccccc12. The molecule has 0 spiro atoms. The van der Waals surface area contributed by atoms with Gasteiger partial charge in [-0.2, -0.15) is 0 Å². The second-order valence-electron chi connectivity index (χ2n) is 4.97. The van der Waals surface area contributed by atoms with E-state index in [0.29, 0.717) is 6.61 Å². The molecule has 0 amide bonds. The lowest BCUT2D eigenvalue weighted by atomic mass is 9.93. The van der Waals surface area contributed by atoms with E-state index in [-0.39, 0.29) is 5.97 Å². The molecule has 20 heavy (non-hydrogen) atoms. The van der Waals surface area contributed by atoms with Crippen molar-refractivity contribution in [2.45, 2.75) is 20.5 Å². The molecule has 3 rings (SSSR count). The number of ether oxygens (including phenoxy) is 1. The summed E-state index contributed by atoms with van der Waals surface area (Å²) < 4.78 is 5.25. The predicted octanol–water partition coefficient (Wildman–Crippen LogP) is 4.36. The third-order valence-electron chi connectivity index (χ3n) is 3.73. The van der Waals surface area contributed by atoms with Crippen molar-refractivity contribution in [1.82, 2.24) is 0 Å². The Morgan fingerprint density at radius 3 is 1.80 bits per heavy atom. The van der Waals surface area contributed by atoms with Gasteiger partial charge in [0.25, 0.3) is 0 Å². The molecule has 0 aromatic heterocycles. The van der Waals surface area contributed by atoms with Crippen molar-refractivity contribution in [1.29, 1.82) is 0 Å². The van der Waals surface area contributed by atoms with Gasteiger partial charge in [0.15, 0.2) is 0 Å². The zero-order valence-electron chi connectivity index (χ0n) is 11.6. The minimum atomic E-state index is -0.251. The highest BCUT2D eigenvalue weighted by atomic mass is 16.5. The maximum absolute atomic E-state index is 11.1. The topological polar surface area (TPSA) is 26.3 Å². The molecule has 0 unspecified atom stereocenters. The minimum Gasteiger partial charge on any atom is -0.461 e. The largest absolute Gasteiger partial charge is 0.461 e. The smallest absolute Gasteiger partial charge is 0.302 e. The van der Waals surface area contributed by atoms with Crippen molar-refractivity contribution < 1.29 is 9.53 Å². The molecule has 2 nitrogen and oxygen atoms in total. The zero-order chi connectivity index (χ0) is 14.1. The average molecular weight is 264 g/mol. The summed E-state index contributed by atoms with van der Waals surface area (Å²) in [6.07, 6.45) is 0. The highest BCUT2D eigenvalue weighted by Crippen LogP contribution is 2.32. The molecule has 0 aliphatic rings. The summed E-state index contributed by atoms with van der Waals surface area (Å²) in [6.45, 7) is 3.90. The maximum atomic E-state index is 11.1. The quantitative estimate of drug-likeness (QED) is 0.507. The van der Waals surface area contributed by atoms with Gasteiger partial charge in [0.05, 0.1) is 0 Å². The number of aryl methyl sites for hydroxylation is 1. The lowest BCUT2D eigenvalue weighted by Crippen LogP contribution is -2.01. The Balaban J connectivity index is 2.37. The first-order valence-electron chi connectivity index (χ1n) is 6.71. The molecule has 0 radical (unpaired) electrons. The van der Waals surface area contributed by atoms with E-state index in [0.717, 1.165) is 16.3 Å². The number of carbonyl (C=O) groups is 1. The molecule has 3 aromatic carbocycles. The van der Waals surface area contributed by atoms with Gasteiger partial charge in [-0.05, 0) is 34.0 Å². The van der Waals surface area contributed by atoms with Gasteiger partial charge < -0.3 is 4.74 Å². The molecule has 0 atom stereocenters. The van der Waals surface area contributed by atoms with Crippen LogP contribution in [0.4, 0.5) is 0 Å². The summed E-state index contributed by atoms with van der Waals surface area (Å²) in [7, 11) is 0. The van der Waals surface area contributed by atoms with E-state index < -0.39 is 0 Å². The summed E-state index contributed by atoms with van der Waals surface area (Å²) in [5.74, 6) is -0.251. The van der Waals surface area contributed by atoms with Gasteiger partial charge in [0.2, 0.25) is 0 Å². The number of hydrogen-bond acceptors (Lipinski definition) is 2. The minimum absolute atomic E-state index is 0.251. The van der Waals surface area contributed by atoms with Gasteiger partial charge in [0, 0.05) is 12.5 Å². The Hall–Kier alpha value is -2.35. The number of esters is 1. The van der Waals surface area contributed by atoms with Crippen molar-refractivity contribution in [2.24, 2.45) is 0 Å². The average Bonchev–Trinajstić information content (AvgIpc) is 2.47. The fraction of sp³-hybridized carbons (Fsp3) is 0.167. The van der Waals surface area contributed by atoms with E-state index in [1.807, 2.05) is 24.3 Å². The molecule has 0 aliphatic carbocycles. The Kier molecular flexibility index (Phi) is 3.15. The van der Waals surface area contributed by atoms with Gasteiger partial charge in [-0.3, -0.25) is 4.79 Å². The molecule has 0 heterocycles. The second-order valence-corrected chi connectivity index (χ2v) is 4.97. The first kappa shape index (κ1) is 12.7. The first-order valence-corrected chi connectivity index (χ1v) is 6.71. The van der Waals surface area contributed by atoms with E-state index in [9.17, 15) is 4.79 Å². The summed E-state index contributed by atoms with van der Waals surface area (Å²) in [6, 6.07) is 16.5. The van der Waals surface area contributed by atoms with E-state index in [1.165, 1.54) is 23.3 Å². The Morgan fingerprint density at radius 1 is 0.900 bits per heavy atom. The summed E-state index contributed by atoms with van der Waals surface area (Å²) in [5.41, 5.74) is 2.35. The monoisotopic (exact) mass is 264 g/mol. The van der Waals surface area contributed by atoms with Crippen molar-refractivity contribution >= 4 is 27.5 Å². The molecular formula is C18H16O2. The molecule has 0 saturated carbocycles. The van der Waals surface area contributed by atoms with Gasteiger partial charge >= 0.3 is 5.97 Å². The third-order valence-corrected chi connectivity index (χ3v) is 3.73. The molecule has 2 heteroatoms. The lowest BCUT2D eigenvalue weighted by Gasteiger charge is -2.14. The summed E-state index contributed by atoms with van der Waals surface area (Å²) >= 11 is 0. The van der Waals surface area contributed by atoms with Crippen molar-refractivity contribution in [3.8, 4) is 0 Å². The van der Waals surface area contributed by atoms with Crippen LogP contribution in [0.2, 0.25) is 0 Å². The van der Waals surface area contributed by atoms with Crippen LogP contribution in [-0.2, 0) is 16.1 Å². The number of carbonyl (C=O) groups excluding carboxylic acids is 1. The molecule has 0 fully saturated rings. The van der Waals surface area contributed by atoms with Gasteiger partial charge in [-0.15, -0.1) is 0 Å². The second kappa shape index (κ2) is 4.97. The van der Waals surface area contributed by atoms with Crippen LogP contribution < -0.4 is 0 Å². The van der Waals surface area contributed by atoms with E-state index in [2.05, 4.69) is 31.2 Å². The molecule has 100 valence electrons. The zero-order valence-corrected chi connectivity index (χ0v) is 11.6. The molecule has 0 N–H and O–H groups in total. The predicted molar refractivity (Wildman–Crippen MR) is 81.7 cm³/mol. The number of rotatable bonds is 2. The maximum Gasteiger partial charge on any atom is 0.302 e. The van der Waals surface area contributed by atoms with Gasteiger partial charge in [0.1, 0.15) is 6.61 Å². The fourth-order valence-corrected chi connectivity index (χ4v) is 2.77. The molecule has 0 aliphatic heterocycles. The van der Waals surface area contributed by atoms with Crippen molar-refractivity contribution in [3.63, 3.8) is 0 Å². The first-order chi connectivity index (χ1) is 9.68. The number of fused-ring (bicyclic) bond motifs is 2. The van der Waals surface area contributed by atoms with Crippen LogP contribution in [0.25, 0.3) is 21.5 Å². The summed E-state index contributed by atoms with van der Waals surface area (Å²) in [4.78, 5) is 11.1. The molecule has 0 bridgehead atoms. The van der Waals surface area contributed by atoms with Crippen LogP contribution in [0, 0.1) is 6.92 Å². The number of benzene rings is 3. The van der Waals surface area contributed by atoms with Crippen LogP contribution >= 0.6 is 0 Å². The van der Waals surface area contributed by atoms with Crippen molar-refractivity contribution in [2.75, 3.05) is 0 Å². The van der Waals surface area contributed by atoms with Gasteiger partial charge in [-0.1, -0.05) is 48.5 Å². The van der Waals surface area contributed by atoms with Crippen molar-refractivity contribution in [3.05, 3.63) is 59.7 Å². The number of hydrogen-bond donors (Lipinski definition) is 0. The van der Waals surface area contributed by atoms with Crippen LogP contribution in [-0.4, -0.2) is 5.97 Å². The molecular weight excluding hydrogens is 248 g/mol.